The minimum Gasteiger partial charge on any atom is -0.493 e. The average molecular weight is 388 g/mol. The van der Waals surface area contributed by atoms with Crippen molar-refractivity contribution in [1.82, 2.24) is 5.32 Å². The van der Waals surface area contributed by atoms with Crippen LogP contribution in [0.4, 0.5) is 5.00 Å². The van der Waals surface area contributed by atoms with E-state index in [-0.39, 0.29) is 11.8 Å². The molecule has 2 N–H and O–H groups in total. The van der Waals surface area contributed by atoms with Crippen molar-refractivity contribution in [1.29, 1.82) is 0 Å². The summed E-state index contributed by atoms with van der Waals surface area (Å²) in [6.45, 7) is 2.21. The van der Waals surface area contributed by atoms with Crippen molar-refractivity contribution in [2.75, 3.05) is 26.6 Å². The van der Waals surface area contributed by atoms with Crippen molar-refractivity contribution in [2.24, 2.45) is 5.92 Å². The van der Waals surface area contributed by atoms with Gasteiger partial charge in [0.25, 0.3) is 11.8 Å². The molecule has 1 unspecified atom stereocenters. The summed E-state index contributed by atoms with van der Waals surface area (Å²) >= 11 is 1.50. The summed E-state index contributed by atoms with van der Waals surface area (Å²) in [6, 6.07) is 4.99. The number of rotatable bonds is 5. The largest absolute Gasteiger partial charge is 0.493 e. The number of carbonyl (C=O) groups is 2. The van der Waals surface area contributed by atoms with Crippen LogP contribution < -0.4 is 20.1 Å². The van der Waals surface area contributed by atoms with E-state index in [2.05, 4.69) is 17.6 Å². The summed E-state index contributed by atoms with van der Waals surface area (Å²) < 4.78 is 10.5. The van der Waals surface area contributed by atoms with Crippen LogP contribution in [0.2, 0.25) is 0 Å². The Kier molecular flexibility index (Phi) is 5.70. The fraction of sp³-hybridized carbons (Fsp3) is 0.400. The third kappa shape index (κ3) is 3.78. The average Bonchev–Trinajstić information content (AvgIpc) is 3.03. The van der Waals surface area contributed by atoms with E-state index >= 15 is 0 Å². The van der Waals surface area contributed by atoms with Gasteiger partial charge in [-0.05, 0) is 48.9 Å². The van der Waals surface area contributed by atoms with E-state index in [0.29, 0.717) is 33.5 Å². The maximum absolute atomic E-state index is 12.8. The summed E-state index contributed by atoms with van der Waals surface area (Å²) in [5.74, 6) is 1.18. The number of anilines is 1. The number of methoxy groups -OCH3 is 2. The highest BCUT2D eigenvalue weighted by Gasteiger charge is 2.28. The maximum atomic E-state index is 12.8. The van der Waals surface area contributed by atoms with E-state index in [1.54, 1.807) is 32.4 Å². The van der Waals surface area contributed by atoms with Crippen molar-refractivity contribution >= 4 is 28.2 Å². The van der Waals surface area contributed by atoms with Crippen molar-refractivity contribution in [3.63, 3.8) is 0 Å². The Labute approximate surface area is 162 Å². The second-order valence-corrected chi connectivity index (χ2v) is 7.76. The lowest BCUT2D eigenvalue weighted by molar-refractivity contribution is 0.0963. The summed E-state index contributed by atoms with van der Waals surface area (Å²) in [5.41, 5.74) is 2.11. The molecule has 0 saturated heterocycles. The number of fused-ring (bicyclic) bond motifs is 1. The number of benzene rings is 1. The Hall–Kier alpha value is -2.54. The lowest BCUT2D eigenvalue weighted by Crippen LogP contribution is -2.22. The highest BCUT2D eigenvalue weighted by molar-refractivity contribution is 7.17. The van der Waals surface area contributed by atoms with E-state index in [4.69, 9.17) is 9.47 Å². The quantitative estimate of drug-likeness (QED) is 0.822. The van der Waals surface area contributed by atoms with Crippen LogP contribution >= 0.6 is 11.3 Å². The molecular weight excluding hydrogens is 364 g/mol. The van der Waals surface area contributed by atoms with Gasteiger partial charge in [0.05, 0.1) is 19.8 Å². The molecule has 2 aromatic rings. The third-order valence-electron chi connectivity index (χ3n) is 4.84. The minimum atomic E-state index is -0.284. The molecule has 0 radical (unpaired) electrons. The molecule has 144 valence electrons. The normalized spacial score (nSPS) is 15.6. The van der Waals surface area contributed by atoms with Gasteiger partial charge < -0.3 is 20.1 Å². The fourth-order valence-electron chi connectivity index (χ4n) is 3.36. The predicted molar refractivity (Wildman–Crippen MR) is 106 cm³/mol. The Balaban J connectivity index is 1.93. The van der Waals surface area contributed by atoms with Crippen LogP contribution in [0.3, 0.4) is 0 Å². The number of hydrogen-bond donors (Lipinski definition) is 2. The van der Waals surface area contributed by atoms with Gasteiger partial charge in [-0.1, -0.05) is 6.92 Å². The van der Waals surface area contributed by atoms with Gasteiger partial charge in [-0.25, -0.2) is 0 Å². The predicted octanol–water partition coefficient (Wildman–Crippen LogP) is 3.50. The zero-order valence-corrected chi connectivity index (χ0v) is 16.8. The molecule has 0 spiro atoms. The van der Waals surface area contributed by atoms with Crippen LogP contribution in [-0.4, -0.2) is 33.1 Å². The summed E-state index contributed by atoms with van der Waals surface area (Å²) in [6.07, 6.45) is 2.86. The van der Waals surface area contributed by atoms with Crippen LogP contribution in [-0.2, 0) is 12.8 Å². The second-order valence-electron chi connectivity index (χ2n) is 6.66. The molecule has 1 aliphatic rings. The molecule has 0 bridgehead atoms. The number of hydrogen-bond acceptors (Lipinski definition) is 5. The zero-order valence-electron chi connectivity index (χ0n) is 16.0. The van der Waals surface area contributed by atoms with Crippen molar-refractivity contribution in [3.05, 3.63) is 39.8 Å². The van der Waals surface area contributed by atoms with Gasteiger partial charge in [0.1, 0.15) is 5.00 Å². The number of nitrogens with one attached hydrogen (secondary N) is 2. The van der Waals surface area contributed by atoms with Crippen LogP contribution in [0.25, 0.3) is 0 Å². The SMILES string of the molecule is CNC(=O)c1c(NC(=O)c2ccc(OC)c(OC)c2)sc2c1CCC(C)C2. The topological polar surface area (TPSA) is 76.7 Å². The van der Waals surface area contributed by atoms with Gasteiger partial charge in [-0.3, -0.25) is 9.59 Å². The molecule has 27 heavy (non-hydrogen) atoms. The molecule has 1 aromatic heterocycles. The molecule has 3 rings (SSSR count). The second kappa shape index (κ2) is 8.00. The van der Waals surface area contributed by atoms with E-state index in [0.717, 1.165) is 24.8 Å². The smallest absolute Gasteiger partial charge is 0.256 e. The molecule has 0 saturated carbocycles. The minimum absolute atomic E-state index is 0.162. The van der Waals surface area contributed by atoms with Crippen molar-refractivity contribution in [2.45, 2.75) is 26.2 Å². The first-order valence-electron chi connectivity index (χ1n) is 8.88. The Bertz CT molecular complexity index is 875. The highest BCUT2D eigenvalue weighted by atomic mass is 32.1. The molecular formula is C20H24N2O4S. The summed E-state index contributed by atoms with van der Waals surface area (Å²) in [7, 11) is 4.68. The van der Waals surface area contributed by atoms with E-state index in [1.807, 2.05) is 0 Å². The first-order chi connectivity index (χ1) is 13.0. The molecule has 6 nitrogen and oxygen atoms in total. The van der Waals surface area contributed by atoms with Gasteiger partial charge in [0.2, 0.25) is 0 Å². The molecule has 2 amide bonds. The zero-order chi connectivity index (χ0) is 19.6. The molecule has 1 atom stereocenters. The van der Waals surface area contributed by atoms with Gasteiger partial charge >= 0.3 is 0 Å². The number of carbonyl (C=O) groups excluding carboxylic acids is 2. The lowest BCUT2D eigenvalue weighted by Gasteiger charge is -2.18. The van der Waals surface area contributed by atoms with E-state index in [1.165, 1.54) is 23.3 Å². The molecule has 1 aromatic carbocycles. The summed E-state index contributed by atoms with van der Waals surface area (Å²) in [5, 5.41) is 6.23. The van der Waals surface area contributed by atoms with Crippen molar-refractivity contribution < 1.29 is 19.1 Å². The van der Waals surface area contributed by atoms with Gasteiger partial charge in [-0.15, -0.1) is 11.3 Å². The molecule has 1 heterocycles. The third-order valence-corrected chi connectivity index (χ3v) is 6.01. The first kappa shape index (κ1) is 19.2. The Morgan fingerprint density at radius 1 is 1.15 bits per heavy atom. The standard InChI is InChI=1S/C20H24N2O4S/c1-11-5-7-13-16(9-11)27-20(17(13)19(24)21-2)22-18(23)12-6-8-14(25-3)15(10-12)26-4/h6,8,10-11H,5,7,9H2,1-4H3,(H,21,24)(H,22,23). The number of amides is 2. The Morgan fingerprint density at radius 3 is 2.56 bits per heavy atom. The molecule has 0 aliphatic heterocycles. The monoisotopic (exact) mass is 388 g/mol. The number of thiophene rings is 1. The van der Waals surface area contributed by atoms with Crippen LogP contribution in [0.5, 0.6) is 11.5 Å². The molecule has 0 fully saturated rings. The van der Waals surface area contributed by atoms with Gasteiger partial charge in [0.15, 0.2) is 11.5 Å². The maximum Gasteiger partial charge on any atom is 0.256 e. The van der Waals surface area contributed by atoms with Crippen LogP contribution in [0.15, 0.2) is 18.2 Å². The van der Waals surface area contributed by atoms with Gasteiger partial charge in [0, 0.05) is 17.5 Å². The first-order valence-corrected chi connectivity index (χ1v) is 9.70. The van der Waals surface area contributed by atoms with Crippen molar-refractivity contribution in [3.8, 4) is 11.5 Å². The van der Waals surface area contributed by atoms with E-state index < -0.39 is 0 Å². The summed E-state index contributed by atoms with van der Waals surface area (Å²) in [4.78, 5) is 26.4. The lowest BCUT2D eigenvalue weighted by atomic mass is 9.88. The van der Waals surface area contributed by atoms with Crippen LogP contribution in [0, 0.1) is 5.92 Å². The molecule has 1 aliphatic carbocycles. The Morgan fingerprint density at radius 2 is 1.89 bits per heavy atom. The van der Waals surface area contributed by atoms with E-state index in [9.17, 15) is 9.59 Å². The van der Waals surface area contributed by atoms with Gasteiger partial charge in [-0.2, -0.15) is 0 Å². The number of ether oxygens (including phenoxy) is 2. The highest BCUT2D eigenvalue weighted by Crippen LogP contribution is 2.40. The van der Waals surface area contributed by atoms with Crippen LogP contribution in [0.1, 0.15) is 44.5 Å². The fourth-order valence-corrected chi connectivity index (χ4v) is 4.76. The molecule has 7 heteroatoms.